The Bertz CT molecular complexity index is 1180. The number of carboxylic acid groups (broad SMARTS) is 1. The van der Waals surface area contributed by atoms with E-state index >= 15 is 0 Å². The van der Waals surface area contributed by atoms with Crippen molar-refractivity contribution >= 4 is 28.3 Å². The number of aliphatic carboxylic acids is 1. The zero-order valence-electron chi connectivity index (χ0n) is 16.8. The molecule has 0 bridgehead atoms. The van der Waals surface area contributed by atoms with Gasteiger partial charge >= 0.3 is 5.97 Å². The normalized spacial score (nSPS) is 16.7. The van der Waals surface area contributed by atoms with Gasteiger partial charge in [0.2, 0.25) is 0 Å². The van der Waals surface area contributed by atoms with Gasteiger partial charge in [-0.25, -0.2) is 9.37 Å². The molecule has 2 aromatic heterocycles. The molecule has 0 spiro atoms. The Morgan fingerprint density at radius 1 is 1.27 bits per heavy atom. The number of nitrogens with one attached hydrogen (secondary N) is 1. The van der Waals surface area contributed by atoms with Crippen LogP contribution in [0.15, 0.2) is 36.5 Å². The maximum Gasteiger partial charge on any atom is 0.317 e. The molecular weight excluding hydrogens is 383 g/mol. The largest absolute Gasteiger partial charge is 0.480 e. The zero-order chi connectivity index (χ0) is 20.8. The van der Waals surface area contributed by atoms with Gasteiger partial charge in [0.05, 0.1) is 6.54 Å². The minimum atomic E-state index is -0.795. The number of H-pyrrole nitrogens is 1. The SMILES string of the molecule is CN1Cc2c(C3=CCCN(CC(=O)O)CC3)[nH]c3nccc(c23)-c2cc(F)ccc21. The second-order valence-corrected chi connectivity index (χ2v) is 8.02. The summed E-state index contributed by atoms with van der Waals surface area (Å²) in [6, 6.07) is 6.89. The van der Waals surface area contributed by atoms with Gasteiger partial charge in [-0.15, -0.1) is 0 Å². The first kappa shape index (κ1) is 18.8. The fourth-order valence-electron chi connectivity index (χ4n) is 4.71. The maximum atomic E-state index is 14.1. The van der Waals surface area contributed by atoms with Crippen LogP contribution in [-0.4, -0.2) is 52.6 Å². The van der Waals surface area contributed by atoms with Gasteiger partial charge in [0.15, 0.2) is 0 Å². The van der Waals surface area contributed by atoms with Crippen LogP contribution in [0.2, 0.25) is 0 Å². The maximum absolute atomic E-state index is 14.1. The molecule has 2 aliphatic heterocycles. The number of fused-ring (bicyclic) bond motifs is 2. The van der Waals surface area contributed by atoms with Crippen molar-refractivity contribution in [1.82, 2.24) is 14.9 Å². The van der Waals surface area contributed by atoms with E-state index in [1.807, 2.05) is 24.1 Å². The Kier molecular flexibility index (Phi) is 4.55. The third-order valence-corrected chi connectivity index (χ3v) is 6.07. The minimum absolute atomic E-state index is 0.0655. The molecule has 5 rings (SSSR count). The van der Waals surface area contributed by atoms with Crippen molar-refractivity contribution in [3.8, 4) is 11.1 Å². The molecule has 0 saturated carbocycles. The molecule has 0 atom stereocenters. The summed E-state index contributed by atoms with van der Waals surface area (Å²) >= 11 is 0. The first-order valence-electron chi connectivity index (χ1n) is 10.2. The number of carboxylic acids is 1. The second-order valence-electron chi connectivity index (χ2n) is 8.02. The smallest absolute Gasteiger partial charge is 0.317 e. The standard InChI is InChI=1S/C23H23FN4O2/c1-27-12-18-21-16(17-11-15(24)4-5-19(17)27)6-8-25-23(21)26-22(18)14-3-2-9-28(10-7-14)13-20(29)30/h3-6,8,11H,2,7,9-10,12-13H2,1H3,(H,25,26)(H,29,30). The molecule has 7 heteroatoms. The minimum Gasteiger partial charge on any atom is -0.480 e. The van der Waals surface area contributed by atoms with Crippen LogP contribution in [0.25, 0.3) is 27.7 Å². The van der Waals surface area contributed by atoms with E-state index in [-0.39, 0.29) is 12.4 Å². The Morgan fingerprint density at radius 3 is 2.97 bits per heavy atom. The Labute approximate surface area is 173 Å². The van der Waals surface area contributed by atoms with Gasteiger partial charge in [-0.3, -0.25) is 9.69 Å². The van der Waals surface area contributed by atoms with E-state index in [0.29, 0.717) is 13.1 Å². The van der Waals surface area contributed by atoms with E-state index in [2.05, 4.69) is 20.9 Å². The topological polar surface area (TPSA) is 72.5 Å². The number of aromatic amines is 1. The van der Waals surface area contributed by atoms with E-state index in [0.717, 1.165) is 58.5 Å². The van der Waals surface area contributed by atoms with Crippen LogP contribution in [0.4, 0.5) is 10.1 Å². The third kappa shape index (κ3) is 3.15. The molecule has 0 aliphatic carbocycles. The van der Waals surface area contributed by atoms with Crippen LogP contribution in [0, 0.1) is 5.82 Å². The van der Waals surface area contributed by atoms with Crippen molar-refractivity contribution in [2.45, 2.75) is 19.4 Å². The highest BCUT2D eigenvalue weighted by Gasteiger charge is 2.26. The molecule has 154 valence electrons. The number of anilines is 1. The molecule has 0 saturated heterocycles. The highest BCUT2D eigenvalue weighted by atomic mass is 19.1. The highest BCUT2D eigenvalue weighted by Crippen LogP contribution is 2.43. The number of nitrogens with zero attached hydrogens (tertiary/aromatic N) is 3. The van der Waals surface area contributed by atoms with Gasteiger partial charge in [-0.1, -0.05) is 6.08 Å². The molecule has 4 heterocycles. The summed E-state index contributed by atoms with van der Waals surface area (Å²) < 4.78 is 14.1. The third-order valence-electron chi connectivity index (χ3n) is 6.07. The molecule has 30 heavy (non-hydrogen) atoms. The van der Waals surface area contributed by atoms with Crippen LogP contribution in [0.3, 0.4) is 0 Å². The van der Waals surface area contributed by atoms with Crippen LogP contribution in [0.1, 0.15) is 24.1 Å². The lowest BCUT2D eigenvalue weighted by Crippen LogP contribution is -2.30. The first-order chi connectivity index (χ1) is 14.5. The van der Waals surface area contributed by atoms with Crippen molar-refractivity contribution in [1.29, 1.82) is 0 Å². The number of benzene rings is 1. The number of rotatable bonds is 3. The summed E-state index contributed by atoms with van der Waals surface area (Å²) in [4.78, 5) is 23.3. The Morgan fingerprint density at radius 2 is 2.13 bits per heavy atom. The summed E-state index contributed by atoms with van der Waals surface area (Å²) in [5.74, 6) is -1.05. The van der Waals surface area contributed by atoms with E-state index in [1.165, 1.54) is 11.6 Å². The van der Waals surface area contributed by atoms with Crippen LogP contribution < -0.4 is 4.90 Å². The van der Waals surface area contributed by atoms with Gasteiger partial charge < -0.3 is 15.0 Å². The average Bonchev–Trinajstić information content (AvgIpc) is 2.84. The van der Waals surface area contributed by atoms with E-state index in [4.69, 9.17) is 5.11 Å². The Hall–Kier alpha value is -3.19. The summed E-state index contributed by atoms with van der Waals surface area (Å²) in [5.41, 5.74) is 7.05. The Balaban J connectivity index is 1.61. The number of hydrogen-bond acceptors (Lipinski definition) is 4. The molecule has 3 aromatic rings. The highest BCUT2D eigenvalue weighted by molar-refractivity contribution is 6.02. The van der Waals surface area contributed by atoms with Crippen molar-refractivity contribution in [3.05, 3.63) is 53.6 Å². The fraction of sp³-hybridized carbons (Fsp3) is 0.304. The number of hydrogen-bond donors (Lipinski definition) is 2. The van der Waals surface area contributed by atoms with Gasteiger partial charge in [0.1, 0.15) is 11.5 Å². The molecule has 1 aromatic carbocycles. The summed E-state index contributed by atoms with van der Waals surface area (Å²) in [6.07, 6.45) is 5.55. The van der Waals surface area contributed by atoms with Gasteiger partial charge in [-0.05, 0) is 48.2 Å². The molecule has 0 radical (unpaired) electrons. The predicted molar refractivity (Wildman–Crippen MR) is 115 cm³/mol. The number of aromatic nitrogens is 2. The molecule has 6 nitrogen and oxygen atoms in total. The van der Waals surface area contributed by atoms with Crippen LogP contribution >= 0.6 is 0 Å². The van der Waals surface area contributed by atoms with Crippen LogP contribution in [-0.2, 0) is 11.3 Å². The number of carbonyl (C=O) groups is 1. The zero-order valence-corrected chi connectivity index (χ0v) is 16.8. The quantitative estimate of drug-likeness (QED) is 0.691. The molecule has 0 amide bonds. The second kappa shape index (κ2) is 7.25. The summed E-state index contributed by atoms with van der Waals surface area (Å²) in [6.45, 7) is 2.19. The van der Waals surface area contributed by atoms with E-state index in [1.54, 1.807) is 12.3 Å². The number of pyridine rings is 1. The van der Waals surface area contributed by atoms with Crippen molar-refractivity contribution < 1.29 is 14.3 Å². The lowest BCUT2D eigenvalue weighted by atomic mass is 9.98. The molecule has 2 aliphatic rings. The summed E-state index contributed by atoms with van der Waals surface area (Å²) in [7, 11) is 2.02. The van der Waals surface area contributed by atoms with E-state index in [9.17, 15) is 9.18 Å². The van der Waals surface area contributed by atoms with Crippen molar-refractivity contribution in [3.63, 3.8) is 0 Å². The lowest BCUT2D eigenvalue weighted by Gasteiger charge is -2.21. The van der Waals surface area contributed by atoms with Gasteiger partial charge in [0, 0.05) is 60.8 Å². The van der Waals surface area contributed by atoms with Crippen molar-refractivity contribution in [2.24, 2.45) is 0 Å². The van der Waals surface area contributed by atoms with E-state index < -0.39 is 5.97 Å². The predicted octanol–water partition coefficient (Wildman–Crippen LogP) is 3.88. The van der Waals surface area contributed by atoms with Gasteiger partial charge in [0.25, 0.3) is 0 Å². The molecule has 0 fully saturated rings. The average molecular weight is 406 g/mol. The summed E-state index contributed by atoms with van der Waals surface area (Å²) in [5, 5.41) is 10.2. The first-order valence-corrected chi connectivity index (χ1v) is 10.2. The van der Waals surface area contributed by atoms with Gasteiger partial charge in [-0.2, -0.15) is 0 Å². The molecular formula is C23H23FN4O2. The monoisotopic (exact) mass is 406 g/mol. The molecule has 2 N–H and O–H groups in total. The van der Waals surface area contributed by atoms with Crippen molar-refractivity contribution in [2.75, 3.05) is 31.6 Å². The number of halogens is 1. The fourth-order valence-corrected chi connectivity index (χ4v) is 4.71. The lowest BCUT2D eigenvalue weighted by molar-refractivity contribution is -0.138. The molecule has 0 unspecified atom stereocenters. The van der Waals surface area contributed by atoms with Crippen LogP contribution in [0.5, 0.6) is 0 Å².